The molecule has 0 amide bonds. The first-order valence-electron chi connectivity index (χ1n) is 4.78. The molecule has 92 valence electrons. The van der Waals surface area contributed by atoms with Crippen LogP contribution in [-0.4, -0.2) is 22.2 Å². The van der Waals surface area contributed by atoms with Crippen molar-refractivity contribution >= 4 is 11.9 Å². The third-order valence-corrected chi connectivity index (χ3v) is 2.24. The molecule has 0 bridgehead atoms. The summed E-state index contributed by atoms with van der Waals surface area (Å²) in [6, 6.07) is 2.98. The number of rotatable bonds is 5. The van der Waals surface area contributed by atoms with Crippen molar-refractivity contribution in [1.29, 1.82) is 0 Å². The van der Waals surface area contributed by atoms with Crippen LogP contribution in [0.25, 0.3) is 0 Å². The number of hydrogen-bond donors (Lipinski definition) is 2. The molecule has 0 aliphatic carbocycles. The highest BCUT2D eigenvalue weighted by atomic mass is 19.2. The normalized spacial score (nSPS) is 12.1. The number of hydrogen-bond acceptors (Lipinski definition) is 2. The van der Waals surface area contributed by atoms with E-state index in [1.165, 1.54) is 6.07 Å². The Hall–Kier alpha value is -1.98. The molecule has 0 saturated carbocycles. The predicted molar refractivity (Wildman–Crippen MR) is 53.4 cm³/mol. The first-order valence-corrected chi connectivity index (χ1v) is 4.78. The maximum Gasteiger partial charge on any atom is 0.307 e. The predicted octanol–water partition coefficient (Wildman–Crippen LogP) is 1.68. The summed E-state index contributed by atoms with van der Waals surface area (Å²) in [6.07, 6.45) is -0.715. The van der Waals surface area contributed by atoms with Crippen LogP contribution in [0.1, 0.15) is 12.0 Å². The number of benzene rings is 1. The molecule has 1 aromatic rings. The maximum atomic E-state index is 12.9. The molecule has 0 fully saturated rings. The molecule has 0 aromatic heterocycles. The van der Waals surface area contributed by atoms with Crippen molar-refractivity contribution in [3.63, 3.8) is 0 Å². The first-order chi connectivity index (χ1) is 7.90. The van der Waals surface area contributed by atoms with Crippen LogP contribution in [0.3, 0.4) is 0 Å². The van der Waals surface area contributed by atoms with Crippen molar-refractivity contribution in [2.75, 3.05) is 0 Å². The van der Waals surface area contributed by atoms with Gasteiger partial charge in [-0.3, -0.25) is 9.59 Å². The van der Waals surface area contributed by atoms with Crippen LogP contribution in [0.2, 0.25) is 0 Å². The molecule has 1 rings (SSSR count). The zero-order valence-electron chi connectivity index (χ0n) is 8.69. The quantitative estimate of drug-likeness (QED) is 0.826. The Labute approximate surface area is 95.5 Å². The molecule has 1 atom stereocenters. The van der Waals surface area contributed by atoms with E-state index < -0.39 is 35.9 Å². The number of carbonyl (C=O) groups is 2. The lowest BCUT2D eigenvalue weighted by molar-refractivity contribution is -0.148. The van der Waals surface area contributed by atoms with Gasteiger partial charge in [-0.25, -0.2) is 8.78 Å². The van der Waals surface area contributed by atoms with E-state index in [-0.39, 0.29) is 12.0 Å². The fourth-order valence-electron chi connectivity index (χ4n) is 1.41. The lowest BCUT2D eigenvalue weighted by atomic mass is 9.96. The van der Waals surface area contributed by atoms with Crippen LogP contribution in [-0.2, 0) is 16.0 Å². The van der Waals surface area contributed by atoms with Crippen LogP contribution in [0.15, 0.2) is 18.2 Å². The van der Waals surface area contributed by atoms with Gasteiger partial charge in [-0.05, 0) is 24.1 Å². The molecule has 0 heterocycles. The van der Waals surface area contributed by atoms with Crippen molar-refractivity contribution in [3.8, 4) is 0 Å². The van der Waals surface area contributed by atoms with Crippen LogP contribution >= 0.6 is 0 Å². The Kier molecular flexibility index (Phi) is 4.14. The van der Waals surface area contributed by atoms with Gasteiger partial charge in [-0.15, -0.1) is 0 Å². The summed E-state index contributed by atoms with van der Waals surface area (Å²) < 4.78 is 25.5. The van der Waals surface area contributed by atoms with Gasteiger partial charge in [0.25, 0.3) is 0 Å². The van der Waals surface area contributed by atoms with Gasteiger partial charge >= 0.3 is 11.9 Å². The van der Waals surface area contributed by atoms with Crippen molar-refractivity contribution in [2.45, 2.75) is 12.8 Å². The molecular formula is C11H10F2O4. The summed E-state index contributed by atoms with van der Waals surface area (Å²) in [5.74, 6) is -5.80. The van der Waals surface area contributed by atoms with Gasteiger partial charge < -0.3 is 10.2 Å². The van der Waals surface area contributed by atoms with Gasteiger partial charge in [0.1, 0.15) is 0 Å². The molecule has 6 heteroatoms. The van der Waals surface area contributed by atoms with E-state index in [2.05, 4.69) is 0 Å². The maximum absolute atomic E-state index is 12.9. The Morgan fingerprint density at radius 1 is 1.18 bits per heavy atom. The van der Waals surface area contributed by atoms with Crippen molar-refractivity contribution in [3.05, 3.63) is 35.4 Å². The minimum absolute atomic E-state index is 0.154. The summed E-state index contributed by atoms with van der Waals surface area (Å²) in [7, 11) is 0. The van der Waals surface area contributed by atoms with Gasteiger partial charge in [-0.2, -0.15) is 0 Å². The van der Waals surface area contributed by atoms with E-state index in [0.717, 1.165) is 12.1 Å². The minimum atomic E-state index is -1.28. The fraction of sp³-hybridized carbons (Fsp3) is 0.273. The highest BCUT2D eigenvalue weighted by Gasteiger charge is 2.21. The molecule has 1 aromatic carbocycles. The summed E-state index contributed by atoms with van der Waals surface area (Å²) in [5.41, 5.74) is 0.248. The van der Waals surface area contributed by atoms with Gasteiger partial charge in [-0.1, -0.05) is 6.07 Å². The second-order valence-electron chi connectivity index (χ2n) is 3.59. The topological polar surface area (TPSA) is 74.6 Å². The SMILES string of the molecule is O=C(O)CC(Cc1ccc(F)c(F)c1)C(=O)O. The van der Waals surface area contributed by atoms with Crippen molar-refractivity contribution in [2.24, 2.45) is 5.92 Å². The molecule has 2 N–H and O–H groups in total. The molecule has 17 heavy (non-hydrogen) atoms. The number of carboxylic acids is 2. The lowest BCUT2D eigenvalue weighted by Crippen LogP contribution is -2.20. The summed E-state index contributed by atoms with van der Waals surface area (Å²) in [4.78, 5) is 21.2. The molecule has 4 nitrogen and oxygen atoms in total. The Morgan fingerprint density at radius 2 is 1.82 bits per heavy atom. The lowest BCUT2D eigenvalue weighted by Gasteiger charge is -2.09. The average Bonchev–Trinajstić information content (AvgIpc) is 2.21. The number of halogens is 2. The summed E-state index contributed by atoms with van der Waals surface area (Å²) in [5, 5.41) is 17.3. The smallest absolute Gasteiger partial charge is 0.307 e. The molecular weight excluding hydrogens is 234 g/mol. The third kappa shape index (κ3) is 3.82. The second kappa shape index (κ2) is 5.38. The highest BCUT2D eigenvalue weighted by molar-refractivity contribution is 5.77. The number of aliphatic carboxylic acids is 2. The largest absolute Gasteiger partial charge is 0.481 e. The Bertz CT molecular complexity index is 445. The third-order valence-electron chi connectivity index (χ3n) is 2.24. The van der Waals surface area contributed by atoms with E-state index in [1.54, 1.807) is 0 Å². The Morgan fingerprint density at radius 3 is 2.29 bits per heavy atom. The summed E-state index contributed by atoms with van der Waals surface area (Å²) >= 11 is 0. The number of carboxylic acid groups (broad SMARTS) is 2. The van der Waals surface area contributed by atoms with Crippen LogP contribution < -0.4 is 0 Å². The molecule has 1 unspecified atom stereocenters. The molecule has 0 aliphatic rings. The second-order valence-corrected chi connectivity index (χ2v) is 3.59. The van der Waals surface area contributed by atoms with Gasteiger partial charge in [0, 0.05) is 0 Å². The zero-order valence-corrected chi connectivity index (χ0v) is 8.69. The minimum Gasteiger partial charge on any atom is -0.481 e. The average molecular weight is 244 g/mol. The van der Waals surface area contributed by atoms with E-state index >= 15 is 0 Å². The monoisotopic (exact) mass is 244 g/mol. The van der Waals surface area contributed by atoms with Gasteiger partial charge in [0.15, 0.2) is 11.6 Å². The fourth-order valence-corrected chi connectivity index (χ4v) is 1.41. The van der Waals surface area contributed by atoms with Crippen molar-refractivity contribution in [1.82, 2.24) is 0 Å². The highest BCUT2D eigenvalue weighted by Crippen LogP contribution is 2.15. The first kappa shape index (κ1) is 13.1. The standard InChI is InChI=1S/C11H10F2O4/c12-8-2-1-6(4-9(8)13)3-7(11(16)17)5-10(14)15/h1-2,4,7H,3,5H2,(H,14,15)(H,16,17). The van der Waals surface area contributed by atoms with Gasteiger partial charge in [0.05, 0.1) is 12.3 Å². The zero-order chi connectivity index (χ0) is 13.0. The van der Waals surface area contributed by atoms with E-state index in [4.69, 9.17) is 10.2 Å². The molecule has 0 spiro atoms. The molecule has 0 aliphatic heterocycles. The van der Waals surface area contributed by atoms with Gasteiger partial charge in [0.2, 0.25) is 0 Å². The molecule has 0 saturated heterocycles. The van der Waals surface area contributed by atoms with Crippen LogP contribution in [0.5, 0.6) is 0 Å². The van der Waals surface area contributed by atoms with Crippen LogP contribution in [0.4, 0.5) is 8.78 Å². The van der Waals surface area contributed by atoms with E-state index in [9.17, 15) is 18.4 Å². The molecule has 0 radical (unpaired) electrons. The van der Waals surface area contributed by atoms with E-state index in [0.29, 0.717) is 0 Å². The van der Waals surface area contributed by atoms with E-state index in [1.807, 2.05) is 0 Å². The van der Waals surface area contributed by atoms with Crippen molar-refractivity contribution < 1.29 is 28.6 Å². The van der Waals surface area contributed by atoms with Crippen LogP contribution in [0, 0.1) is 17.6 Å². The summed E-state index contributed by atoms with van der Waals surface area (Å²) in [6.45, 7) is 0. The Balaban J connectivity index is 2.82.